The number of likely N-dealkylation sites (tertiary alicyclic amines) is 1. The molecule has 0 aromatic heterocycles. The van der Waals surface area contributed by atoms with Crippen LogP contribution in [0.5, 0.6) is 11.5 Å². The average molecular weight is 373 g/mol. The Morgan fingerprint density at radius 1 is 1.00 bits per heavy atom. The monoisotopic (exact) mass is 373 g/mol. The molecule has 5 heteroatoms. The summed E-state index contributed by atoms with van der Waals surface area (Å²) in [6, 6.07) is 6.00. The summed E-state index contributed by atoms with van der Waals surface area (Å²) in [4.78, 5) is 15.9. The number of hydrogen-bond donors (Lipinski definition) is 0. The van der Waals surface area contributed by atoms with Gasteiger partial charge >= 0.3 is 0 Å². The highest BCUT2D eigenvalue weighted by molar-refractivity contribution is 5.89. The van der Waals surface area contributed by atoms with Crippen LogP contribution >= 0.6 is 0 Å². The number of benzene rings is 1. The number of rotatable bonds is 5. The van der Waals surface area contributed by atoms with E-state index in [0.29, 0.717) is 35.3 Å². The first-order valence-electron chi connectivity index (χ1n) is 10.2. The maximum atomic E-state index is 13.8. The predicted molar refractivity (Wildman–Crippen MR) is 103 cm³/mol. The first-order chi connectivity index (χ1) is 13.1. The molecule has 0 spiro atoms. The number of amides is 1. The van der Waals surface area contributed by atoms with Crippen LogP contribution in [0.1, 0.15) is 44.1 Å². The minimum absolute atomic E-state index is 0.304. The quantitative estimate of drug-likeness (QED) is 0.794. The molecule has 3 fully saturated rings. The lowest BCUT2D eigenvalue weighted by molar-refractivity contribution is -0.142. The Kier molecular flexibility index (Phi) is 5.06. The molecular weight excluding hydrogens is 342 g/mol. The molecule has 5 nitrogen and oxygen atoms in total. The minimum Gasteiger partial charge on any atom is -0.493 e. The number of fused-ring (bicyclic) bond motifs is 2. The van der Waals surface area contributed by atoms with Gasteiger partial charge in [-0.15, -0.1) is 0 Å². The summed E-state index contributed by atoms with van der Waals surface area (Å²) in [6.07, 6.45) is 6.71. The number of piperidine rings is 1. The molecule has 2 unspecified atom stereocenters. The second-order valence-electron chi connectivity index (χ2n) is 8.37. The standard InChI is InChI=1S/C22H31NO4/c1-25-18-9-8-17(12-19(18)26-2)22(10-4-5-11-22)21(24)23-13-15-6-7-16(14-23)20(15)27-3/h8-9,12,15-16,20H,4-7,10-11,13-14H2,1-3H3. The molecule has 27 heavy (non-hydrogen) atoms. The molecule has 1 aromatic rings. The Morgan fingerprint density at radius 2 is 1.63 bits per heavy atom. The van der Waals surface area contributed by atoms with Crippen molar-refractivity contribution in [2.45, 2.75) is 50.0 Å². The van der Waals surface area contributed by atoms with Crippen LogP contribution in [0.4, 0.5) is 0 Å². The fourth-order valence-corrected chi connectivity index (χ4v) is 5.76. The van der Waals surface area contributed by atoms with E-state index < -0.39 is 5.41 Å². The van der Waals surface area contributed by atoms with E-state index in [1.807, 2.05) is 19.2 Å². The van der Waals surface area contributed by atoms with Crippen LogP contribution < -0.4 is 9.47 Å². The van der Waals surface area contributed by atoms with Crippen molar-refractivity contribution in [3.05, 3.63) is 23.8 Å². The first kappa shape index (κ1) is 18.6. The van der Waals surface area contributed by atoms with Crippen molar-refractivity contribution >= 4 is 5.91 Å². The molecule has 2 bridgehead atoms. The largest absolute Gasteiger partial charge is 0.493 e. The van der Waals surface area contributed by atoms with Crippen LogP contribution in [-0.4, -0.2) is 51.3 Å². The van der Waals surface area contributed by atoms with Crippen molar-refractivity contribution in [3.63, 3.8) is 0 Å². The molecule has 2 aliphatic carbocycles. The number of carbonyl (C=O) groups is 1. The van der Waals surface area contributed by atoms with Gasteiger partial charge in [0.1, 0.15) is 0 Å². The fourth-order valence-electron chi connectivity index (χ4n) is 5.76. The molecule has 1 amide bonds. The topological polar surface area (TPSA) is 48.0 Å². The van der Waals surface area contributed by atoms with Gasteiger partial charge in [-0.05, 0) is 43.4 Å². The molecular formula is C22H31NO4. The molecule has 2 atom stereocenters. The number of ether oxygens (including phenoxy) is 3. The highest BCUT2D eigenvalue weighted by Gasteiger charge is 2.50. The summed E-state index contributed by atoms with van der Waals surface area (Å²) in [6.45, 7) is 1.67. The van der Waals surface area contributed by atoms with Gasteiger partial charge in [0.2, 0.25) is 5.91 Å². The summed E-state index contributed by atoms with van der Waals surface area (Å²) in [5.74, 6) is 2.69. The van der Waals surface area contributed by atoms with Crippen LogP contribution in [0, 0.1) is 11.8 Å². The second-order valence-corrected chi connectivity index (χ2v) is 8.37. The normalized spacial score (nSPS) is 29.0. The van der Waals surface area contributed by atoms with Crippen LogP contribution in [-0.2, 0) is 14.9 Å². The fraction of sp³-hybridized carbons (Fsp3) is 0.682. The van der Waals surface area contributed by atoms with E-state index in [1.165, 1.54) is 12.8 Å². The highest BCUT2D eigenvalue weighted by atomic mass is 16.5. The third-order valence-corrected chi connectivity index (χ3v) is 7.11. The molecule has 1 saturated heterocycles. The molecule has 0 N–H and O–H groups in total. The lowest BCUT2D eigenvalue weighted by atomic mass is 9.76. The van der Waals surface area contributed by atoms with Crippen molar-refractivity contribution in [1.82, 2.24) is 4.90 Å². The first-order valence-corrected chi connectivity index (χ1v) is 10.2. The van der Waals surface area contributed by atoms with Gasteiger partial charge in [-0.3, -0.25) is 4.79 Å². The van der Waals surface area contributed by atoms with E-state index in [1.54, 1.807) is 14.2 Å². The van der Waals surface area contributed by atoms with Gasteiger partial charge in [0.05, 0.1) is 25.7 Å². The van der Waals surface area contributed by atoms with Crippen molar-refractivity contribution in [2.24, 2.45) is 11.8 Å². The van der Waals surface area contributed by atoms with E-state index in [4.69, 9.17) is 14.2 Å². The SMILES string of the molecule is COc1ccc(C2(C(=O)N3CC4CCC(C3)C4OC)CCCC2)cc1OC. The molecule has 1 heterocycles. The number of methoxy groups -OCH3 is 3. The highest BCUT2D eigenvalue weighted by Crippen LogP contribution is 2.47. The average Bonchev–Trinajstić information content (AvgIpc) is 3.29. The van der Waals surface area contributed by atoms with Crippen LogP contribution in [0.3, 0.4) is 0 Å². The zero-order valence-electron chi connectivity index (χ0n) is 16.7. The maximum absolute atomic E-state index is 13.8. The Balaban J connectivity index is 1.64. The molecule has 2 saturated carbocycles. The van der Waals surface area contributed by atoms with Gasteiger partial charge < -0.3 is 19.1 Å². The van der Waals surface area contributed by atoms with E-state index >= 15 is 0 Å². The number of carbonyl (C=O) groups excluding carboxylic acids is 1. The van der Waals surface area contributed by atoms with Crippen molar-refractivity contribution in [1.29, 1.82) is 0 Å². The van der Waals surface area contributed by atoms with E-state index in [-0.39, 0.29) is 0 Å². The zero-order chi connectivity index (χ0) is 19.0. The van der Waals surface area contributed by atoms with Gasteiger partial charge in [0, 0.05) is 32.0 Å². The van der Waals surface area contributed by atoms with Crippen molar-refractivity contribution < 1.29 is 19.0 Å². The van der Waals surface area contributed by atoms with Gasteiger partial charge in [-0.1, -0.05) is 18.9 Å². The van der Waals surface area contributed by atoms with Crippen molar-refractivity contribution in [2.75, 3.05) is 34.4 Å². The predicted octanol–water partition coefficient (Wildman–Crippen LogP) is 3.40. The third-order valence-electron chi connectivity index (χ3n) is 7.11. The summed E-state index contributed by atoms with van der Waals surface area (Å²) in [5, 5.41) is 0. The summed E-state index contributed by atoms with van der Waals surface area (Å²) in [5.41, 5.74) is 0.655. The van der Waals surface area contributed by atoms with Gasteiger partial charge in [-0.2, -0.15) is 0 Å². The third kappa shape index (κ3) is 3.00. The van der Waals surface area contributed by atoms with Gasteiger partial charge in [0.15, 0.2) is 11.5 Å². The second kappa shape index (κ2) is 7.34. The molecule has 1 aromatic carbocycles. The van der Waals surface area contributed by atoms with Gasteiger partial charge in [0.25, 0.3) is 0 Å². The lowest BCUT2D eigenvalue weighted by Crippen LogP contribution is -2.53. The van der Waals surface area contributed by atoms with E-state index in [0.717, 1.165) is 44.3 Å². The van der Waals surface area contributed by atoms with Crippen LogP contribution in [0.2, 0.25) is 0 Å². The Labute approximate surface area is 162 Å². The van der Waals surface area contributed by atoms with Crippen molar-refractivity contribution in [3.8, 4) is 11.5 Å². The molecule has 148 valence electrons. The minimum atomic E-state index is -0.418. The van der Waals surface area contributed by atoms with E-state index in [2.05, 4.69) is 11.0 Å². The Morgan fingerprint density at radius 3 is 2.19 bits per heavy atom. The molecule has 0 radical (unpaired) electrons. The van der Waals surface area contributed by atoms with E-state index in [9.17, 15) is 4.79 Å². The smallest absolute Gasteiger partial charge is 0.233 e. The summed E-state index contributed by atoms with van der Waals surface area (Å²) >= 11 is 0. The number of nitrogens with zero attached hydrogens (tertiary/aromatic N) is 1. The zero-order valence-corrected chi connectivity index (χ0v) is 16.7. The summed E-state index contributed by atoms with van der Waals surface area (Å²) in [7, 11) is 5.11. The van der Waals surface area contributed by atoms with Gasteiger partial charge in [-0.25, -0.2) is 0 Å². The summed E-state index contributed by atoms with van der Waals surface area (Å²) < 4.78 is 16.6. The van der Waals surface area contributed by atoms with Crippen LogP contribution in [0.25, 0.3) is 0 Å². The Hall–Kier alpha value is -1.75. The molecule has 4 rings (SSSR count). The Bertz CT molecular complexity index is 684. The molecule has 1 aliphatic heterocycles. The van der Waals surface area contributed by atoms with Crippen LogP contribution in [0.15, 0.2) is 18.2 Å². The lowest BCUT2D eigenvalue weighted by Gasteiger charge is -2.42. The maximum Gasteiger partial charge on any atom is 0.233 e. The number of hydrogen-bond acceptors (Lipinski definition) is 4. The molecule has 3 aliphatic rings.